The predicted octanol–water partition coefficient (Wildman–Crippen LogP) is 5.25. The average Bonchev–Trinajstić information content (AvgIpc) is 3.36. The van der Waals surface area contributed by atoms with E-state index in [1.807, 2.05) is 31.2 Å². The molecule has 0 atom stereocenters. The number of sulfone groups is 1. The number of amides is 1. The summed E-state index contributed by atoms with van der Waals surface area (Å²) in [6.07, 6.45) is 0.388. The van der Waals surface area contributed by atoms with Crippen LogP contribution in [0.4, 0.5) is 24.7 Å². The first-order valence-corrected chi connectivity index (χ1v) is 14.0. The van der Waals surface area contributed by atoms with Crippen molar-refractivity contribution in [2.75, 3.05) is 11.6 Å². The van der Waals surface area contributed by atoms with E-state index in [2.05, 4.69) is 25.8 Å². The number of hydrogen-bond acceptors (Lipinski definition) is 8. The lowest BCUT2D eigenvalue weighted by Gasteiger charge is -2.26. The second-order valence-corrected chi connectivity index (χ2v) is 11.9. The van der Waals surface area contributed by atoms with Crippen molar-refractivity contribution < 1.29 is 26.4 Å². The minimum atomic E-state index is -4.43. The number of aromatic nitrogens is 3. The molecule has 37 heavy (non-hydrogen) atoms. The molecule has 0 aliphatic heterocycles. The highest BCUT2D eigenvalue weighted by Gasteiger charge is 2.30. The Labute approximate surface area is 216 Å². The summed E-state index contributed by atoms with van der Waals surface area (Å²) in [6, 6.07) is 9.79. The molecule has 1 amide bonds. The third-order valence-corrected chi connectivity index (χ3v) is 8.62. The first kappa shape index (κ1) is 26.7. The van der Waals surface area contributed by atoms with E-state index in [1.165, 1.54) is 11.6 Å². The molecule has 4 rings (SSSR count). The van der Waals surface area contributed by atoms with E-state index in [0.29, 0.717) is 11.5 Å². The van der Waals surface area contributed by atoms with Crippen LogP contribution in [0, 0.1) is 0 Å². The highest BCUT2D eigenvalue weighted by atomic mass is 32.2. The Morgan fingerprint density at radius 2 is 1.84 bits per heavy atom. The van der Waals surface area contributed by atoms with Gasteiger partial charge in [0.25, 0.3) is 5.91 Å². The number of allylic oxidation sites excluding steroid dienone is 2. The molecular formula is C24H24F3N5O3S2. The second kappa shape index (κ2) is 10.6. The van der Waals surface area contributed by atoms with Crippen LogP contribution in [0.5, 0.6) is 0 Å². The van der Waals surface area contributed by atoms with Crippen LogP contribution >= 0.6 is 11.3 Å². The Morgan fingerprint density at radius 3 is 2.43 bits per heavy atom. The number of nitrogens with one attached hydrogen (secondary N) is 2. The van der Waals surface area contributed by atoms with Gasteiger partial charge in [-0.05, 0) is 68.0 Å². The molecule has 0 bridgehead atoms. The topological polar surface area (TPSA) is 114 Å². The molecule has 196 valence electrons. The minimum absolute atomic E-state index is 0.0183. The van der Waals surface area contributed by atoms with Gasteiger partial charge in [0.05, 0.1) is 5.56 Å². The second-order valence-electron chi connectivity index (χ2n) is 8.76. The number of anilines is 2. The summed E-state index contributed by atoms with van der Waals surface area (Å²) in [6.45, 7) is 2.03. The van der Waals surface area contributed by atoms with Gasteiger partial charge in [0, 0.05) is 24.2 Å². The van der Waals surface area contributed by atoms with Gasteiger partial charge in [0.1, 0.15) is 5.82 Å². The third kappa shape index (κ3) is 6.72. The van der Waals surface area contributed by atoms with E-state index in [0.717, 1.165) is 66.7 Å². The zero-order valence-electron chi connectivity index (χ0n) is 20.0. The lowest BCUT2D eigenvalue weighted by molar-refractivity contribution is -0.137. The first-order valence-electron chi connectivity index (χ1n) is 11.3. The minimum Gasteiger partial charge on any atom is -0.347 e. The van der Waals surface area contributed by atoms with E-state index >= 15 is 0 Å². The normalized spacial score (nSPS) is 16.4. The average molecular weight is 552 g/mol. The number of carbonyl (C=O) groups excluding carboxylic acids is 1. The molecule has 8 nitrogen and oxygen atoms in total. The van der Waals surface area contributed by atoms with Crippen molar-refractivity contribution in [2.24, 2.45) is 0 Å². The summed E-state index contributed by atoms with van der Waals surface area (Å²) in [5, 5.41) is 13.2. The number of nitrogens with zero attached hydrogens (tertiary/aromatic N) is 3. The fourth-order valence-electron chi connectivity index (χ4n) is 4.00. The molecule has 1 aliphatic carbocycles. The number of benzene rings is 1. The highest BCUT2D eigenvalue weighted by Crippen LogP contribution is 2.33. The smallest absolute Gasteiger partial charge is 0.347 e. The van der Waals surface area contributed by atoms with Crippen molar-refractivity contribution >= 4 is 44.2 Å². The van der Waals surface area contributed by atoms with E-state index in [9.17, 15) is 26.4 Å². The first-order chi connectivity index (χ1) is 17.4. The molecule has 2 heterocycles. The molecule has 1 aliphatic rings. The van der Waals surface area contributed by atoms with Crippen LogP contribution in [-0.4, -0.2) is 41.8 Å². The Bertz CT molecular complexity index is 1420. The molecule has 1 aromatic carbocycles. The van der Waals surface area contributed by atoms with Crippen molar-refractivity contribution in [1.29, 1.82) is 0 Å². The molecule has 2 aromatic heterocycles. The van der Waals surface area contributed by atoms with E-state index in [1.54, 1.807) is 0 Å². The zero-order valence-corrected chi connectivity index (χ0v) is 21.6. The fourth-order valence-corrected chi connectivity index (χ4v) is 5.51. The van der Waals surface area contributed by atoms with E-state index < -0.39 is 27.5 Å². The molecular weight excluding hydrogens is 527 g/mol. The Kier molecular flexibility index (Phi) is 7.64. The van der Waals surface area contributed by atoms with Gasteiger partial charge in [-0.25, -0.2) is 13.4 Å². The zero-order chi connectivity index (χ0) is 26.8. The molecule has 0 unspecified atom stereocenters. The Hall–Kier alpha value is -3.32. The standard InChI is InChI=1S/C24H24F3N5O3S2/c1-14(16-4-3-5-19(12-16)29-20-11-8-17(13-28-20)24(25,26)27)15-6-9-18(10-7-15)30-21(33)22-31-32-23(36-22)37(2,34)35/h3-5,8,11-13,18H,6-7,9-10H2,1-2H3,(H,28,29)(H,30,33). The molecule has 1 fully saturated rings. The van der Waals surface area contributed by atoms with Crippen molar-refractivity contribution in [3.63, 3.8) is 0 Å². The summed E-state index contributed by atoms with van der Waals surface area (Å²) in [7, 11) is -3.51. The molecule has 0 saturated heterocycles. The summed E-state index contributed by atoms with van der Waals surface area (Å²) in [4.78, 5) is 16.3. The van der Waals surface area contributed by atoms with Gasteiger partial charge in [0.2, 0.25) is 19.2 Å². The van der Waals surface area contributed by atoms with Crippen LogP contribution in [0.25, 0.3) is 5.57 Å². The summed E-state index contributed by atoms with van der Waals surface area (Å²) >= 11 is 0.751. The SMILES string of the molecule is CC(=C1CCC(NC(=O)c2nnc(S(C)(=O)=O)s2)CC1)c1cccc(Nc2ccc(C(F)(F)F)cn2)c1. The van der Waals surface area contributed by atoms with Crippen LogP contribution in [0.3, 0.4) is 0 Å². The fraction of sp³-hybridized carbons (Fsp3) is 0.333. The van der Waals surface area contributed by atoms with Gasteiger partial charge in [-0.2, -0.15) is 13.2 Å². The molecule has 13 heteroatoms. The summed E-state index contributed by atoms with van der Waals surface area (Å²) < 4.78 is 61.2. The van der Waals surface area contributed by atoms with Gasteiger partial charge >= 0.3 is 6.18 Å². The van der Waals surface area contributed by atoms with Crippen LogP contribution in [0.1, 0.15) is 53.5 Å². The third-order valence-electron chi connectivity index (χ3n) is 6.03. The molecule has 2 N–H and O–H groups in total. The van der Waals surface area contributed by atoms with Gasteiger partial charge in [-0.3, -0.25) is 4.79 Å². The lowest BCUT2D eigenvalue weighted by Crippen LogP contribution is -2.36. The number of rotatable bonds is 6. The van der Waals surface area contributed by atoms with Crippen molar-refractivity contribution in [2.45, 2.75) is 49.2 Å². The van der Waals surface area contributed by atoms with Crippen LogP contribution in [0.2, 0.25) is 0 Å². The highest BCUT2D eigenvalue weighted by molar-refractivity contribution is 7.92. The largest absolute Gasteiger partial charge is 0.417 e. The molecule has 1 saturated carbocycles. The number of carbonyl (C=O) groups is 1. The lowest BCUT2D eigenvalue weighted by atomic mass is 9.86. The number of hydrogen-bond donors (Lipinski definition) is 2. The number of halogens is 3. The van der Waals surface area contributed by atoms with Gasteiger partial charge in [0.15, 0.2) is 0 Å². The molecule has 0 spiro atoms. The van der Waals surface area contributed by atoms with Crippen LogP contribution in [0.15, 0.2) is 52.5 Å². The maximum absolute atomic E-state index is 12.8. The van der Waals surface area contributed by atoms with Crippen molar-refractivity contribution in [1.82, 2.24) is 20.5 Å². The van der Waals surface area contributed by atoms with Gasteiger partial charge in [-0.15, -0.1) is 10.2 Å². The van der Waals surface area contributed by atoms with Crippen LogP contribution < -0.4 is 10.6 Å². The van der Waals surface area contributed by atoms with E-state index in [4.69, 9.17) is 0 Å². The maximum Gasteiger partial charge on any atom is 0.417 e. The molecule has 0 radical (unpaired) electrons. The number of alkyl halides is 3. The van der Waals surface area contributed by atoms with Crippen molar-refractivity contribution in [3.8, 4) is 0 Å². The van der Waals surface area contributed by atoms with E-state index in [-0.39, 0.29) is 15.4 Å². The monoisotopic (exact) mass is 551 g/mol. The van der Waals surface area contributed by atoms with Crippen molar-refractivity contribution in [3.05, 3.63) is 64.3 Å². The summed E-state index contributed by atoms with van der Waals surface area (Å²) in [5.41, 5.74) is 3.25. The van der Waals surface area contributed by atoms with Gasteiger partial charge in [-0.1, -0.05) is 29.0 Å². The van der Waals surface area contributed by atoms with Crippen LogP contribution in [-0.2, 0) is 16.0 Å². The Morgan fingerprint density at radius 1 is 1.11 bits per heavy atom. The molecule has 3 aromatic rings. The Balaban J connectivity index is 1.37. The number of pyridine rings is 1. The predicted molar refractivity (Wildman–Crippen MR) is 134 cm³/mol. The van der Waals surface area contributed by atoms with Gasteiger partial charge < -0.3 is 10.6 Å². The summed E-state index contributed by atoms with van der Waals surface area (Å²) in [5.74, 6) is -0.122. The maximum atomic E-state index is 12.8. The quantitative estimate of drug-likeness (QED) is 0.430.